The van der Waals surface area contributed by atoms with Crippen LogP contribution in [0.4, 0.5) is 17.6 Å². The molecule has 0 aliphatic heterocycles. The minimum absolute atomic E-state index is 0.0498. The quantitative estimate of drug-likeness (QED) is 0.553. The van der Waals surface area contributed by atoms with Crippen LogP contribution in [0.15, 0.2) is 5.03 Å². The second kappa shape index (κ2) is 3.38. The van der Waals surface area contributed by atoms with Crippen molar-refractivity contribution in [1.29, 1.82) is 0 Å². The number of aromatic nitrogens is 4. The van der Waals surface area contributed by atoms with Crippen LogP contribution in [0, 0.1) is 0 Å². The molecule has 0 aromatic carbocycles. The lowest BCUT2D eigenvalue weighted by Gasteiger charge is -2.05. The monoisotopic (exact) mass is 255 g/mol. The van der Waals surface area contributed by atoms with Crippen molar-refractivity contribution in [2.45, 2.75) is 5.03 Å². The fraction of sp³-hybridized carbons (Fsp3) is 0.143. The normalized spacial score (nSPS) is 11.8. The average Bonchev–Trinajstić information content (AvgIpc) is 2.13. The van der Waals surface area contributed by atoms with Crippen molar-refractivity contribution in [3.63, 3.8) is 0 Å². The maximum absolute atomic E-state index is 11.4. The van der Waals surface area contributed by atoms with Crippen molar-refractivity contribution in [2.75, 3.05) is 23.5 Å². The van der Waals surface area contributed by atoms with Crippen molar-refractivity contribution < 1.29 is 8.42 Å². The van der Waals surface area contributed by atoms with Gasteiger partial charge in [-0.2, -0.15) is 9.97 Å². The zero-order valence-electron chi connectivity index (χ0n) is 8.75. The lowest BCUT2D eigenvalue weighted by atomic mass is 10.4. The van der Waals surface area contributed by atoms with E-state index >= 15 is 0 Å². The second-order valence-electron chi connectivity index (χ2n) is 3.33. The first-order chi connectivity index (χ1) is 7.79. The summed E-state index contributed by atoms with van der Waals surface area (Å²) in [5.41, 5.74) is 16.5. The molecule has 0 aliphatic carbocycles. The highest BCUT2D eigenvalue weighted by Crippen LogP contribution is 2.20. The Morgan fingerprint density at radius 3 is 2.18 bits per heavy atom. The number of nitrogen functional groups attached to an aromatic ring is 3. The summed E-state index contributed by atoms with van der Waals surface area (Å²) in [5.74, 6) is -0.391. The van der Waals surface area contributed by atoms with E-state index in [4.69, 9.17) is 17.2 Å². The Bertz CT molecular complexity index is 712. The van der Waals surface area contributed by atoms with Gasteiger partial charge in [0, 0.05) is 6.26 Å². The Morgan fingerprint density at radius 2 is 1.59 bits per heavy atom. The standard InChI is InChI=1S/C7H9N7O2S/c1-17(15,16)6-4(9)12-5-2(11-6)3(8)13-7(10)14-5/h1H3,(H6,8,9,10,12,13,14). The van der Waals surface area contributed by atoms with Crippen LogP contribution < -0.4 is 17.2 Å². The highest BCUT2D eigenvalue weighted by atomic mass is 32.2. The first-order valence-corrected chi connectivity index (χ1v) is 6.24. The van der Waals surface area contributed by atoms with Crippen LogP contribution in [0.25, 0.3) is 11.2 Å². The van der Waals surface area contributed by atoms with E-state index in [1.165, 1.54) is 0 Å². The van der Waals surface area contributed by atoms with Gasteiger partial charge in [0.05, 0.1) is 0 Å². The van der Waals surface area contributed by atoms with E-state index < -0.39 is 9.84 Å². The van der Waals surface area contributed by atoms with Gasteiger partial charge in [-0.25, -0.2) is 18.4 Å². The van der Waals surface area contributed by atoms with E-state index in [1.807, 2.05) is 0 Å². The molecule has 17 heavy (non-hydrogen) atoms. The van der Waals surface area contributed by atoms with E-state index in [1.54, 1.807) is 0 Å². The van der Waals surface area contributed by atoms with E-state index in [-0.39, 0.29) is 33.8 Å². The summed E-state index contributed by atoms with van der Waals surface area (Å²) in [7, 11) is -3.59. The summed E-state index contributed by atoms with van der Waals surface area (Å²) in [6.45, 7) is 0. The Balaban J connectivity index is 2.91. The van der Waals surface area contributed by atoms with E-state index in [2.05, 4.69) is 19.9 Å². The van der Waals surface area contributed by atoms with E-state index in [0.717, 1.165) is 6.26 Å². The molecule has 0 amide bonds. The van der Waals surface area contributed by atoms with Crippen LogP contribution >= 0.6 is 0 Å². The topological polar surface area (TPSA) is 164 Å². The van der Waals surface area contributed by atoms with Crippen LogP contribution in [0.1, 0.15) is 0 Å². The predicted octanol–water partition coefficient (Wildman–Crippen LogP) is -1.43. The third-order valence-electron chi connectivity index (χ3n) is 1.92. The molecule has 2 rings (SSSR count). The smallest absolute Gasteiger partial charge is 0.224 e. The molecular weight excluding hydrogens is 246 g/mol. The summed E-state index contributed by atoms with van der Waals surface area (Å²) in [6.07, 6.45) is 0.966. The number of sulfone groups is 1. The predicted molar refractivity (Wildman–Crippen MR) is 61.5 cm³/mol. The van der Waals surface area contributed by atoms with Gasteiger partial charge in [0.25, 0.3) is 0 Å². The van der Waals surface area contributed by atoms with Gasteiger partial charge in [-0.3, -0.25) is 0 Å². The molecule has 6 N–H and O–H groups in total. The van der Waals surface area contributed by atoms with E-state index in [9.17, 15) is 8.42 Å². The van der Waals surface area contributed by atoms with Crippen LogP contribution in [0.5, 0.6) is 0 Å². The number of nitrogens with two attached hydrogens (primary N) is 3. The molecule has 10 heteroatoms. The average molecular weight is 255 g/mol. The molecule has 0 saturated carbocycles. The number of anilines is 3. The lowest BCUT2D eigenvalue weighted by Crippen LogP contribution is -2.10. The van der Waals surface area contributed by atoms with Crippen LogP contribution in [-0.4, -0.2) is 34.6 Å². The first-order valence-electron chi connectivity index (χ1n) is 4.35. The Kier molecular flexibility index (Phi) is 2.24. The maximum Gasteiger partial charge on any atom is 0.224 e. The molecule has 0 atom stereocenters. The highest BCUT2D eigenvalue weighted by Gasteiger charge is 2.18. The Hall–Kier alpha value is -2.23. The largest absolute Gasteiger partial charge is 0.382 e. The summed E-state index contributed by atoms with van der Waals surface area (Å²) in [4.78, 5) is 15.0. The van der Waals surface area contributed by atoms with Crippen molar-refractivity contribution in [1.82, 2.24) is 19.9 Å². The molecule has 90 valence electrons. The van der Waals surface area contributed by atoms with Crippen molar-refractivity contribution in [2.24, 2.45) is 0 Å². The van der Waals surface area contributed by atoms with E-state index in [0.29, 0.717) is 0 Å². The molecule has 0 spiro atoms. The zero-order valence-corrected chi connectivity index (χ0v) is 9.56. The molecule has 0 bridgehead atoms. The molecule has 0 fully saturated rings. The second-order valence-corrected chi connectivity index (χ2v) is 5.26. The molecule has 2 heterocycles. The third kappa shape index (κ3) is 1.89. The van der Waals surface area contributed by atoms with Crippen molar-refractivity contribution in [3.05, 3.63) is 0 Å². The minimum Gasteiger partial charge on any atom is -0.382 e. The molecule has 2 aromatic heterocycles. The minimum atomic E-state index is -3.59. The van der Waals surface area contributed by atoms with Crippen molar-refractivity contribution >= 4 is 38.6 Å². The van der Waals surface area contributed by atoms with Crippen LogP contribution in [0.2, 0.25) is 0 Å². The first kappa shape index (κ1) is 11.3. The van der Waals surface area contributed by atoms with Crippen molar-refractivity contribution in [3.8, 4) is 0 Å². The summed E-state index contributed by atoms with van der Waals surface area (Å²) in [5, 5.41) is -0.356. The van der Waals surface area contributed by atoms with Crippen LogP contribution in [0.3, 0.4) is 0 Å². The highest BCUT2D eigenvalue weighted by molar-refractivity contribution is 7.90. The fourth-order valence-electron chi connectivity index (χ4n) is 1.26. The fourth-order valence-corrected chi connectivity index (χ4v) is 1.94. The summed E-state index contributed by atoms with van der Waals surface area (Å²) in [6, 6.07) is 0. The summed E-state index contributed by atoms with van der Waals surface area (Å²) < 4.78 is 22.8. The van der Waals surface area contributed by atoms with Gasteiger partial charge in [0.15, 0.2) is 37.7 Å². The molecule has 2 aromatic rings. The third-order valence-corrected chi connectivity index (χ3v) is 2.92. The number of hydrogen-bond acceptors (Lipinski definition) is 9. The van der Waals surface area contributed by atoms with Gasteiger partial charge < -0.3 is 17.2 Å². The molecule has 0 radical (unpaired) electrons. The maximum atomic E-state index is 11.4. The van der Waals surface area contributed by atoms with Gasteiger partial charge in [-0.05, 0) is 0 Å². The summed E-state index contributed by atoms with van der Waals surface area (Å²) >= 11 is 0. The molecule has 0 saturated heterocycles. The zero-order chi connectivity index (χ0) is 12.8. The van der Waals surface area contributed by atoms with Gasteiger partial charge in [-0.15, -0.1) is 0 Å². The van der Waals surface area contributed by atoms with Gasteiger partial charge in [0.1, 0.15) is 0 Å². The number of fused-ring (bicyclic) bond motifs is 1. The van der Waals surface area contributed by atoms with Gasteiger partial charge in [-0.1, -0.05) is 0 Å². The Morgan fingerprint density at radius 1 is 0.941 bits per heavy atom. The Labute approximate surface area is 96.0 Å². The molecule has 0 aliphatic rings. The lowest BCUT2D eigenvalue weighted by molar-refractivity contribution is 0.599. The molecule has 9 nitrogen and oxygen atoms in total. The van der Waals surface area contributed by atoms with Gasteiger partial charge in [0.2, 0.25) is 5.95 Å². The van der Waals surface area contributed by atoms with Crippen LogP contribution in [-0.2, 0) is 9.84 Å². The number of rotatable bonds is 1. The number of nitrogens with zero attached hydrogens (tertiary/aromatic N) is 4. The SMILES string of the molecule is CS(=O)(=O)c1nc2c(N)nc(N)nc2nc1N. The number of hydrogen-bond donors (Lipinski definition) is 3. The molecular formula is C7H9N7O2S. The molecule has 0 unspecified atom stereocenters. The van der Waals surface area contributed by atoms with Gasteiger partial charge >= 0.3 is 0 Å².